The Hall–Kier alpha value is 0.353. The van der Waals surface area contributed by atoms with Crippen molar-refractivity contribution < 1.29 is 9.90 Å². The van der Waals surface area contributed by atoms with Gasteiger partial charge >= 0.3 is 32.2 Å². The second kappa shape index (κ2) is 14.4. The molecule has 0 rings (SSSR count). The molecule has 0 bridgehead atoms. The molecular weight excluding hydrogens is 385 g/mol. The van der Waals surface area contributed by atoms with E-state index in [2.05, 4.69) is 6.92 Å². The molecule has 3 heteroatoms. The molecule has 0 unspecified atom stereocenters. The third kappa shape index (κ3) is 17.0. The van der Waals surface area contributed by atoms with E-state index in [1.165, 1.54) is 44.9 Å². The van der Waals surface area contributed by atoms with Crippen LogP contribution in [0.2, 0.25) is 0 Å². The first kappa shape index (κ1) is 17.7. The van der Waals surface area contributed by atoms with Crippen LogP contribution in [0.4, 0.5) is 0 Å². The quantitative estimate of drug-likeness (QED) is 0.443. The number of carbonyl (C=O) groups is 1. The molecule has 0 saturated carbocycles. The van der Waals surface area contributed by atoms with Gasteiger partial charge in [-0.05, 0) is 6.42 Å². The van der Waals surface area contributed by atoms with E-state index in [-0.39, 0.29) is 26.2 Å². The minimum atomic E-state index is -0.659. The van der Waals surface area contributed by atoms with Crippen molar-refractivity contribution in [2.24, 2.45) is 0 Å². The van der Waals surface area contributed by atoms with Gasteiger partial charge in [-0.15, -0.1) is 0 Å². The standard InChI is InChI=1S/C12H24O2.Bi.3H/c1-2-3-4-5-6-7-8-9-10-11-12(13)14;;;;/h2-11H2,1H3,(H,13,14);;;;. The predicted octanol–water partition coefficient (Wildman–Crippen LogP) is 2.81. The van der Waals surface area contributed by atoms with Crippen molar-refractivity contribution in [1.82, 2.24) is 0 Å². The Balaban J connectivity index is 0. The third-order valence-corrected chi connectivity index (χ3v) is 2.49. The van der Waals surface area contributed by atoms with Gasteiger partial charge in [0.05, 0.1) is 0 Å². The van der Waals surface area contributed by atoms with Crippen molar-refractivity contribution in [2.75, 3.05) is 0 Å². The molecule has 15 heavy (non-hydrogen) atoms. The van der Waals surface area contributed by atoms with Gasteiger partial charge in [-0.3, -0.25) is 4.79 Å². The SMILES string of the molecule is CCCCCCCCCCCC(=O)O.[BiH3]. The van der Waals surface area contributed by atoms with Gasteiger partial charge in [-0.1, -0.05) is 58.3 Å². The molecule has 0 radical (unpaired) electrons. The average molecular weight is 412 g/mol. The minimum absolute atomic E-state index is 0. The van der Waals surface area contributed by atoms with Crippen LogP contribution in [0.25, 0.3) is 0 Å². The van der Waals surface area contributed by atoms with Gasteiger partial charge < -0.3 is 5.11 Å². The van der Waals surface area contributed by atoms with Crippen LogP contribution in [0.1, 0.15) is 71.1 Å². The summed E-state index contributed by atoms with van der Waals surface area (Å²) in [7, 11) is 0. The van der Waals surface area contributed by atoms with Crippen LogP contribution >= 0.6 is 0 Å². The Morgan fingerprint density at radius 3 is 1.67 bits per heavy atom. The van der Waals surface area contributed by atoms with E-state index in [0.717, 1.165) is 12.8 Å². The van der Waals surface area contributed by atoms with Gasteiger partial charge in [0.2, 0.25) is 0 Å². The van der Waals surface area contributed by atoms with Crippen molar-refractivity contribution in [1.29, 1.82) is 0 Å². The molecule has 0 saturated heterocycles. The molecule has 92 valence electrons. The monoisotopic (exact) mass is 412 g/mol. The Morgan fingerprint density at radius 2 is 1.27 bits per heavy atom. The molecule has 0 aliphatic rings. The van der Waals surface area contributed by atoms with E-state index in [1.54, 1.807) is 0 Å². The molecule has 2 nitrogen and oxygen atoms in total. The average Bonchev–Trinajstić information content (AvgIpc) is 2.15. The second-order valence-corrected chi connectivity index (χ2v) is 3.97. The van der Waals surface area contributed by atoms with Gasteiger partial charge in [0.1, 0.15) is 0 Å². The zero-order valence-electron chi connectivity index (χ0n) is 10.1. The Bertz CT molecular complexity index is 138. The van der Waals surface area contributed by atoms with Gasteiger partial charge in [0, 0.05) is 6.42 Å². The van der Waals surface area contributed by atoms with Crippen molar-refractivity contribution >= 4 is 32.2 Å². The molecule has 0 spiro atoms. The Morgan fingerprint density at radius 1 is 0.867 bits per heavy atom. The van der Waals surface area contributed by atoms with Crippen LogP contribution in [0, 0.1) is 0 Å². The van der Waals surface area contributed by atoms with Gasteiger partial charge in [-0.2, -0.15) is 0 Å². The Kier molecular flexibility index (Phi) is 17.0. The van der Waals surface area contributed by atoms with Crippen LogP contribution in [-0.4, -0.2) is 37.3 Å². The number of rotatable bonds is 10. The number of carboxylic acids is 1. The summed E-state index contributed by atoms with van der Waals surface area (Å²) in [6.45, 7) is 2.23. The summed E-state index contributed by atoms with van der Waals surface area (Å²) in [5, 5.41) is 8.41. The third-order valence-electron chi connectivity index (χ3n) is 2.49. The zero-order valence-corrected chi connectivity index (χ0v) is 15.6. The fourth-order valence-corrected chi connectivity index (χ4v) is 1.59. The van der Waals surface area contributed by atoms with E-state index < -0.39 is 5.97 Å². The fourth-order valence-electron chi connectivity index (χ4n) is 1.59. The first-order valence-corrected chi connectivity index (χ1v) is 5.99. The summed E-state index contributed by atoms with van der Waals surface area (Å²) < 4.78 is 0. The number of aliphatic carboxylic acids is 1. The van der Waals surface area contributed by atoms with Gasteiger partial charge in [-0.25, -0.2) is 0 Å². The van der Waals surface area contributed by atoms with E-state index in [9.17, 15) is 4.79 Å². The van der Waals surface area contributed by atoms with E-state index in [4.69, 9.17) is 5.11 Å². The molecule has 0 aromatic rings. The molecular formula is C12H27BiO2. The first-order valence-electron chi connectivity index (χ1n) is 5.99. The fraction of sp³-hybridized carbons (Fsp3) is 0.917. The molecule has 0 aliphatic carbocycles. The van der Waals surface area contributed by atoms with Crippen LogP contribution in [0.3, 0.4) is 0 Å². The predicted molar refractivity (Wildman–Crippen MR) is 69.4 cm³/mol. The maximum absolute atomic E-state index is 10.2. The van der Waals surface area contributed by atoms with Crippen LogP contribution in [-0.2, 0) is 4.79 Å². The molecule has 0 atom stereocenters. The molecule has 0 amide bonds. The summed E-state index contributed by atoms with van der Waals surface area (Å²) in [6.07, 6.45) is 11.5. The molecule has 0 aliphatic heterocycles. The van der Waals surface area contributed by atoms with E-state index >= 15 is 0 Å². The summed E-state index contributed by atoms with van der Waals surface area (Å²) in [5.41, 5.74) is 0. The molecule has 1 N–H and O–H groups in total. The van der Waals surface area contributed by atoms with Crippen molar-refractivity contribution in [3.8, 4) is 0 Å². The molecule has 0 aromatic carbocycles. The number of carboxylic acid groups (broad SMARTS) is 1. The zero-order chi connectivity index (χ0) is 10.6. The first-order chi connectivity index (χ1) is 6.77. The van der Waals surface area contributed by atoms with Crippen molar-refractivity contribution in [2.45, 2.75) is 71.1 Å². The topological polar surface area (TPSA) is 37.3 Å². The van der Waals surface area contributed by atoms with E-state index in [0.29, 0.717) is 6.42 Å². The maximum atomic E-state index is 10.2. The summed E-state index contributed by atoms with van der Waals surface area (Å²) >= 11 is 0. The second-order valence-electron chi connectivity index (χ2n) is 3.97. The normalized spacial score (nSPS) is 9.67. The van der Waals surface area contributed by atoms with Gasteiger partial charge in [0.15, 0.2) is 0 Å². The van der Waals surface area contributed by atoms with E-state index in [1.807, 2.05) is 0 Å². The summed E-state index contributed by atoms with van der Waals surface area (Å²) in [5.74, 6) is -0.659. The molecule has 0 heterocycles. The van der Waals surface area contributed by atoms with Crippen LogP contribution in [0.5, 0.6) is 0 Å². The Labute approximate surface area is 113 Å². The summed E-state index contributed by atoms with van der Waals surface area (Å²) in [6, 6.07) is 0. The number of hydrogen-bond donors (Lipinski definition) is 1. The van der Waals surface area contributed by atoms with Crippen molar-refractivity contribution in [3.05, 3.63) is 0 Å². The molecule has 0 aromatic heterocycles. The molecule has 0 fully saturated rings. The summed E-state index contributed by atoms with van der Waals surface area (Å²) in [4.78, 5) is 10.2. The van der Waals surface area contributed by atoms with Gasteiger partial charge in [0.25, 0.3) is 0 Å². The number of hydrogen-bond acceptors (Lipinski definition) is 1. The van der Waals surface area contributed by atoms with Crippen LogP contribution in [0.15, 0.2) is 0 Å². The number of unbranched alkanes of at least 4 members (excludes halogenated alkanes) is 8. The van der Waals surface area contributed by atoms with Crippen LogP contribution < -0.4 is 0 Å². The van der Waals surface area contributed by atoms with Crippen molar-refractivity contribution in [3.63, 3.8) is 0 Å².